The quantitative estimate of drug-likeness (QED) is 0.272. The van der Waals surface area contributed by atoms with Crippen LogP contribution in [0.3, 0.4) is 0 Å². The molecule has 0 unspecified atom stereocenters. The lowest BCUT2D eigenvalue weighted by Crippen LogP contribution is -2.16. The Morgan fingerprint density at radius 1 is 1.27 bits per heavy atom. The summed E-state index contributed by atoms with van der Waals surface area (Å²) in [5.41, 5.74) is 4.93. The molecule has 0 aromatic carbocycles. The molecule has 0 N–H and O–H groups in total. The maximum absolute atomic E-state index is 3.40. The van der Waals surface area contributed by atoms with Crippen molar-refractivity contribution in [3.8, 4) is 11.5 Å². The number of allylic oxidation sites excluding steroid dienone is 2. The third kappa shape index (κ3) is 11.4. The average Bonchev–Trinajstić information content (AvgIpc) is 2.12. The first-order valence-corrected chi connectivity index (χ1v) is 9.61. The minimum atomic E-state index is -1.14. The van der Waals surface area contributed by atoms with Crippen LogP contribution < -0.4 is 0 Å². The second-order valence-corrected chi connectivity index (χ2v) is 9.99. The van der Waals surface area contributed by atoms with Crippen LogP contribution in [-0.2, 0) is 0 Å². The molecule has 0 aliphatic rings. The van der Waals surface area contributed by atoms with E-state index in [1.54, 1.807) is 0 Å². The van der Waals surface area contributed by atoms with Gasteiger partial charge in [0.2, 0.25) is 0 Å². The molecular formula is C14H26Si. The van der Waals surface area contributed by atoms with Crippen molar-refractivity contribution < 1.29 is 0 Å². The summed E-state index contributed by atoms with van der Waals surface area (Å²) in [6.07, 6.45) is 8.40. The molecular weight excluding hydrogens is 196 g/mol. The second-order valence-electron chi connectivity index (χ2n) is 5.24. The third-order valence-electron chi connectivity index (χ3n) is 2.15. The van der Waals surface area contributed by atoms with E-state index in [0.29, 0.717) is 0 Å². The van der Waals surface area contributed by atoms with Crippen LogP contribution in [0.2, 0.25) is 19.6 Å². The van der Waals surface area contributed by atoms with Gasteiger partial charge in [-0.05, 0) is 26.2 Å². The highest BCUT2D eigenvalue weighted by molar-refractivity contribution is 6.83. The molecule has 0 amide bonds. The lowest BCUT2D eigenvalue weighted by molar-refractivity contribution is 0.782. The zero-order valence-corrected chi connectivity index (χ0v) is 12.1. The first-order valence-electron chi connectivity index (χ1n) is 6.11. The Balaban J connectivity index is 3.72. The Morgan fingerprint density at radius 3 is 2.47 bits per heavy atom. The average molecular weight is 222 g/mol. The van der Waals surface area contributed by atoms with Gasteiger partial charge in [-0.15, -0.1) is 11.5 Å². The van der Waals surface area contributed by atoms with E-state index < -0.39 is 8.07 Å². The Bertz CT molecular complexity index is 245. The molecule has 1 heteroatoms. The standard InChI is InChI=1S/C14H26Si/c1-6-7-11-14(2)12-9-8-10-13-15(3,4)5/h12H,6-9,11H2,1-5H3/b14-12+. The molecule has 0 spiro atoms. The minimum Gasteiger partial charge on any atom is -0.132 e. The van der Waals surface area contributed by atoms with E-state index in [4.69, 9.17) is 0 Å². The van der Waals surface area contributed by atoms with Crippen LogP contribution in [0.1, 0.15) is 46.0 Å². The highest BCUT2D eigenvalue weighted by Crippen LogP contribution is 2.07. The van der Waals surface area contributed by atoms with Gasteiger partial charge in [0.25, 0.3) is 0 Å². The van der Waals surface area contributed by atoms with Crippen molar-refractivity contribution in [3.05, 3.63) is 11.6 Å². The Hall–Kier alpha value is -0.483. The molecule has 0 fully saturated rings. The van der Waals surface area contributed by atoms with Crippen LogP contribution in [0.5, 0.6) is 0 Å². The summed E-state index contributed by atoms with van der Waals surface area (Å²) < 4.78 is 0. The summed E-state index contributed by atoms with van der Waals surface area (Å²) in [6.45, 7) is 11.4. The molecule has 0 atom stereocenters. The van der Waals surface area contributed by atoms with Crippen molar-refractivity contribution in [2.45, 2.75) is 65.6 Å². The van der Waals surface area contributed by atoms with Crippen LogP contribution >= 0.6 is 0 Å². The molecule has 0 nitrogen and oxygen atoms in total. The molecule has 0 rings (SSSR count). The summed E-state index contributed by atoms with van der Waals surface area (Å²) >= 11 is 0. The fourth-order valence-electron chi connectivity index (χ4n) is 1.28. The monoisotopic (exact) mass is 222 g/mol. The van der Waals surface area contributed by atoms with Crippen molar-refractivity contribution in [2.75, 3.05) is 0 Å². The Morgan fingerprint density at radius 2 is 1.93 bits per heavy atom. The van der Waals surface area contributed by atoms with Gasteiger partial charge in [-0.2, -0.15) is 0 Å². The van der Waals surface area contributed by atoms with Crippen LogP contribution in [0.25, 0.3) is 0 Å². The van der Waals surface area contributed by atoms with Crippen LogP contribution in [0.15, 0.2) is 11.6 Å². The lowest BCUT2D eigenvalue weighted by Gasteiger charge is -2.03. The molecule has 0 heterocycles. The molecule has 86 valence electrons. The zero-order chi connectivity index (χ0) is 11.7. The SMILES string of the molecule is CCCC/C(C)=C/CCC#C[Si](C)(C)C. The summed E-state index contributed by atoms with van der Waals surface area (Å²) in [6, 6.07) is 0. The fourth-order valence-corrected chi connectivity index (χ4v) is 1.93. The Kier molecular flexibility index (Phi) is 7.51. The van der Waals surface area contributed by atoms with Crippen LogP contribution in [0.4, 0.5) is 0 Å². The summed E-state index contributed by atoms with van der Waals surface area (Å²) in [4.78, 5) is 0. The molecule has 0 aliphatic carbocycles. The largest absolute Gasteiger partial charge is 0.132 e. The maximum atomic E-state index is 3.40. The molecule has 0 bridgehead atoms. The highest BCUT2D eigenvalue weighted by Gasteiger charge is 2.06. The summed E-state index contributed by atoms with van der Waals surface area (Å²) in [5.74, 6) is 3.30. The fraction of sp³-hybridized carbons (Fsp3) is 0.714. The normalized spacial score (nSPS) is 12.2. The maximum Gasteiger partial charge on any atom is 0.129 e. The van der Waals surface area contributed by atoms with E-state index in [-0.39, 0.29) is 0 Å². The van der Waals surface area contributed by atoms with Gasteiger partial charge >= 0.3 is 0 Å². The number of hydrogen-bond acceptors (Lipinski definition) is 0. The van der Waals surface area contributed by atoms with E-state index in [1.165, 1.54) is 24.8 Å². The first kappa shape index (κ1) is 14.5. The first-order chi connectivity index (χ1) is 6.95. The zero-order valence-electron chi connectivity index (χ0n) is 11.1. The van der Waals surface area contributed by atoms with Gasteiger partial charge in [0.05, 0.1) is 0 Å². The van der Waals surface area contributed by atoms with Crippen LogP contribution in [-0.4, -0.2) is 8.07 Å². The van der Waals surface area contributed by atoms with Gasteiger partial charge < -0.3 is 0 Å². The van der Waals surface area contributed by atoms with Crippen molar-refractivity contribution >= 4 is 8.07 Å². The number of rotatable bonds is 5. The van der Waals surface area contributed by atoms with E-state index in [1.807, 2.05) is 0 Å². The predicted molar refractivity (Wildman–Crippen MR) is 73.6 cm³/mol. The van der Waals surface area contributed by atoms with E-state index in [0.717, 1.165) is 12.8 Å². The van der Waals surface area contributed by atoms with Gasteiger partial charge in [0.1, 0.15) is 8.07 Å². The van der Waals surface area contributed by atoms with E-state index >= 15 is 0 Å². The van der Waals surface area contributed by atoms with E-state index in [2.05, 4.69) is 51.0 Å². The van der Waals surface area contributed by atoms with Crippen LogP contribution in [0, 0.1) is 11.5 Å². The van der Waals surface area contributed by atoms with Gasteiger partial charge in [-0.3, -0.25) is 0 Å². The van der Waals surface area contributed by atoms with Gasteiger partial charge in [0, 0.05) is 6.42 Å². The van der Waals surface area contributed by atoms with Crippen molar-refractivity contribution in [3.63, 3.8) is 0 Å². The van der Waals surface area contributed by atoms with Gasteiger partial charge in [-0.1, -0.05) is 44.6 Å². The number of hydrogen-bond donors (Lipinski definition) is 0. The second kappa shape index (κ2) is 7.76. The summed E-state index contributed by atoms with van der Waals surface area (Å²) in [7, 11) is -1.14. The minimum absolute atomic E-state index is 1.04. The molecule has 0 aromatic heterocycles. The number of unbranched alkanes of at least 4 members (excludes halogenated alkanes) is 2. The van der Waals surface area contributed by atoms with E-state index in [9.17, 15) is 0 Å². The molecule has 0 radical (unpaired) electrons. The van der Waals surface area contributed by atoms with Crippen molar-refractivity contribution in [1.82, 2.24) is 0 Å². The van der Waals surface area contributed by atoms with Gasteiger partial charge in [0.15, 0.2) is 0 Å². The topological polar surface area (TPSA) is 0 Å². The predicted octanol–water partition coefficient (Wildman–Crippen LogP) is 4.78. The van der Waals surface area contributed by atoms with Crippen molar-refractivity contribution in [2.24, 2.45) is 0 Å². The van der Waals surface area contributed by atoms with Crippen molar-refractivity contribution in [1.29, 1.82) is 0 Å². The molecule has 0 aliphatic heterocycles. The highest BCUT2D eigenvalue weighted by atomic mass is 28.3. The third-order valence-corrected chi connectivity index (χ3v) is 3.08. The molecule has 0 saturated heterocycles. The molecule has 15 heavy (non-hydrogen) atoms. The lowest BCUT2D eigenvalue weighted by atomic mass is 10.1. The molecule has 0 saturated carbocycles. The Labute approximate surface area is 97.2 Å². The summed E-state index contributed by atoms with van der Waals surface area (Å²) in [5, 5.41) is 0. The smallest absolute Gasteiger partial charge is 0.129 e. The van der Waals surface area contributed by atoms with Gasteiger partial charge in [-0.25, -0.2) is 0 Å². The molecule has 0 aromatic rings.